The lowest BCUT2D eigenvalue weighted by atomic mass is 10.2. The van der Waals surface area contributed by atoms with Gasteiger partial charge in [-0.2, -0.15) is 0 Å². The summed E-state index contributed by atoms with van der Waals surface area (Å²) in [4.78, 5) is 0. The van der Waals surface area contributed by atoms with Crippen LogP contribution in [0.25, 0.3) is 0 Å². The van der Waals surface area contributed by atoms with E-state index in [2.05, 4.69) is 23.8 Å². The lowest BCUT2D eigenvalue weighted by molar-refractivity contribution is 0.628. The van der Waals surface area contributed by atoms with Gasteiger partial charge < -0.3 is 4.72 Å². The molecule has 0 aliphatic carbocycles. The molecular weight excluding hydrogens is 235 g/mol. The Bertz CT molecular complexity index is 571. The number of benzene rings is 2. The molecular formula is C13H11FN2S. The molecule has 1 N–H and O–H groups in total. The Balaban J connectivity index is 2.04. The number of rotatable bonds is 1. The number of halogens is 1. The van der Waals surface area contributed by atoms with Gasteiger partial charge in [-0.15, -0.1) is 0 Å². The van der Waals surface area contributed by atoms with Gasteiger partial charge in [-0.1, -0.05) is 12.1 Å². The maximum atomic E-state index is 13.2. The smallest absolute Gasteiger partial charge is 0.125 e. The van der Waals surface area contributed by atoms with Crippen LogP contribution in [0.4, 0.5) is 21.5 Å². The SMILES string of the molecule is Cc1ccc2c(c1)NSN2c1cccc(F)c1. The van der Waals surface area contributed by atoms with E-state index in [1.54, 1.807) is 6.07 Å². The first kappa shape index (κ1) is 10.5. The van der Waals surface area contributed by atoms with Crippen LogP contribution in [0.5, 0.6) is 0 Å². The van der Waals surface area contributed by atoms with E-state index in [1.807, 2.05) is 16.4 Å². The van der Waals surface area contributed by atoms with Crippen LogP contribution < -0.4 is 9.03 Å². The Morgan fingerprint density at radius 2 is 2.06 bits per heavy atom. The molecule has 86 valence electrons. The minimum Gasteiger partial charge on any atom is -0.310 e. The summed E-state index contributed by atoms with van der Waals surface area (Å²) in [7, 11) is 0. The minimum absolute atomic E-state index is 0.219. The lowest BCUT2D eigenvalue weighted by Gasteiger charge is -2.15. The van der Waals surface area contributed by atoms with Crippen molar-refractivity contribution in [2.24, 2.45) is 0 Å². The van der Waals surface area contributed by atoms with Crippen molar-refractivity contribution >= 4 is 29.2 Å². The first-order chi connectivity index (χ1) is 8.24. The minimum atomic E-state index is -0.219. The molecule has 0 fully saturated rings. The number of nitrogens with zero attached hydrogens (tertiary/aromatic N) is 1. The molecule has 2 aromatic carbocycles. The van der Waals surface area contributed by atoms with Crippen LogP contribution in [0.2, 0.25) is 0 Å². The molecule has 0 unspecified atom stereocenters. The average molecular weight is 246 g/mol. The van der Waals surface area contributed by atoms with Gasteiger partial charge in [-0.3, -0.25) is 4.31 Å². The first-order valence-corrected chi connectivity index (χ1v) is 6.11. The van der Waals surface area contributed by atoms with Gasteiger partial charge in [0, 0.05) is 0 Å². The van der Waals surface area contributed by atoms with E-state index in [9.17, 15) is 4.39 Å². The summed E-state index contributed by atoms with van der Waals surface area (Å²) in [5.74, 6) is -0.219. The highest BCUT2D eigenvalue weighted by Gasteiger charge is 2.21. The van der Waals surface area contributed by atoms with Gasteiger partial charge in [-0.05, 0) is 42.8 Å². The Labute approximate surface area is 104 Å². The number of fused-ring (bicyclic) bond motifs is 1. The van der Waals surface area contributed by atoms with Gasteiger partial charge in [0.05, 0.1) is 29.2 Å². The Morgan fingerprint density at radius 3 is 2.88 bits per heavy atom. The summed E-state index contributed by atoms with van der Waals surface area (Å²) in [6.07, 6.45) is 0. The van der Waals surface area contributed by atoms with Crippen LogP contribution in [0.1, 0.15) is 5.56 Å². The van der Waals surface area contributed by atoms with E-state index in [1.165, 1.54) is 29.8 Å². The summed E-state index contributed by atoms with van der Waals surface area (Å²) >= 11 is 1.46. The molecule has 1 aliphatic rings. The van der Waals surface area contributed by atoms with Crippen molar-refractivity contribution in [3.8, 4) is 0 Å². The zero-order valence-electron chi connectivity index (χ0n) is 9.27. The number of anilines is 3. The van der Waals surface area contributed by atoms with Crippen LogP contribution in [0.3, 0.4) is 0 Å². The molecule has 0 radical (unpaired) electrons. The number of aryl methyl sites for hydroxylation is 1. The normalized spacial score (nSPS) is 13.4. The molecule has 17 heavy (non-hydrogen) atoms. The Morgan fingerprint density at radius 1 is 1.18 bits per heavy atom. The Kier molecular flexibility index (Phi) is 2.44. The van der Waals surface area contributed by atoms with Crippen LogP contribution in [-0.4, -0.2) is 0 Å². The van der Waals surface area contributed by atoms with Gasteiger partial charge in [0.15, 0.2) is 0 Å². The predicted octanol–water partition coefficient (Wildman–Crippen LogP) is 4.26. The van der Waals surface area contributed by atoms with Gasteiger partial charge >= 0.3 is 0 Å². The van der Waals surface area contributed by atoms with Gasteiger partial charge in [0.25, 0.3) is 0 Å². The van der Waals surface area contributed by atoms with Gasteiger partial charge in [0.2, 0.25) is 0 Å². The molecule has 0 saturated heterocycles. The van der Waals surface area contributed by atoms with Crippen LogP contribution in [0, 0.1) is 12.7 Å². The van der Waals surface area contributed by atoms with E-state index in [0.717, 1.165) is 17.1 Å². The summed E-state index contributed by atoms with van der Waals surface area (Å²) < 4.78 is 18.4. The monoisotopic (exact) mass is 246 g/mol. The zero-order chi connectivity index (χ0) is 11.8. The second kappa shape index (κ2) is 3.96. The highest BCUT2D eigenvalue weighted by Crippen LogP contribution is 2.44. The van der Waals surface area contributed by atoms with Crippen molar-refractivity contribution in [1.82, 2.24) is 0 Å². The highest BCUT2D eigenvalue weighted by molar-refractivity contribution is 8.02. The molecule has 3 rings (SSSR count). The molecule has 2 aromatic rings. The maximum absolute atomic E-state index is 13.2. The molecule has 1 aliphatic heterocycles. The van der Waals surface area contributed by atoms with E-state index in [4.69, 9.17) is 0 Å². The summed E-state index contributed by atoms with van der Waals surface area (Å²) in [6, 6.07) is 12.8. The predicted molar refractivity (Wildman–Crippen MR) is 70.9 cm³/mol. The van der Waals surface area contributed by atoms with E-state index < -0.39 is 0 Å². The third-order valence-corrected chi connectivity index (χ3v) is 3.56. The highest BCUT2D eigenvalue weighted by atomic mass is 32.2. The summed E-state index contributed by atoms with van der Waals surface area (Å²) in [5, 5.41) is 0. The van der Waals surface area contributed by atoms with Crippen molar-refractivity contribution in [2.45, 2.75) is 6.92 Å². The number of hydrogen-bond acceptors (Lipinski definition) is 3. The molecule has 0 atom stereocenters. The van der Waals surface area contributed by atoms with Crippen LogP contribution in [-0.2, 0) is 0 Å². The fraction of sp³-hybridized carbons (Fsp3) is 0.0769. The molecule has 4 heteroatoms. The fourth-order valence-electron chi connectivity index (χ4n) is 1.85. The third-order valence-electron chi connectivity index (χ3n) is 2.66. The van der Waals surface area contributed by atoms with Crippen molar-refractivity contribution < 1.29 is 4.39 Å². The molecule has 0 aromatic heterocycles. The molecule has 0 amide bonds. The van der Waals surface area contributed by atoms with E-state index >= 15 is 0 Å². The average Bonchev–Trinajstić information content (AvgIpc) is 2.71. The summed E-state index contributed by atoms with van der Waals surface area (Å²) in [5.41, 5.74) is 4.17. The fourth-order valence-corrected chi connectivity index (χ4v) is 2.68. The summed E-state index contributed by atoms with van der Waals surface area (Å²) in [6.45, 7) is 2.05. The second-order valence-electron chi connectivity index (χ2n) is 3.99. The van der Waals surface area contributed by atoms with Crippen LogP contribution >= 0.6 is 12.1 Å². The molecule has 1 heterocycles. The lowest BCUT2D eigenvalue weighted by Crippen LogP contribution is -2.02. The molecule has 0 spiro atoms. The van der Waals surface area contributed by atoms with Crippen molar-refractivity contribution in [2.75, 3.05) is 9.03 Å². The quantitative estimate of drug-likeness (QED) is 0.757. The van der Waals surface area contributed by atoms with Gasteiger partial charge in [0.1, 0.15) is 5.82 Å². The first-order valence-electron chi connectivity index (χ1n) is 5.33. The third kappa shape index (κ3) is 1.85. The second-order valence-corrected chi connectivity index (χ2v) is 4.74. The maximum Gasteiger partial charge on any atom is 0.125 e. The molecule has 0 bridgehead atoms. The van der Waals surface area contributed by atoms with Gasteiger partial charge in [-0.25, -0.2) is 4.39 Å². The zero-order valence-corrected chi connectivity index (χ0v) is 10.1. The van der Waals surface area contributed by atoms with Crippen molar-refractivity contribution in [1.29, 1.82) is 0 Å². The van der Waals surface area contributed by atoms with Crippen molar-refractivity contribution in [3.63, 3.8) is 0 Å². The number of nitrogens with one attached hydrogen (secondary N) is 1. The largest absolute Gasteiger partial charge is 0.310 e. The van der Waals surface area contributed by atoms with Crippen LogP contribution in [0.15, 0.2) is 42.5 Å². The standard InChI is InChI=1S/C13H11FN2S/c1-9-5-6-13-12(7-9)15-17-16(13)11-4-2-3-10(14)8-11/h2-8,15H,1H3. The number of hydrogen-bond donors (Lipinski definition) is 1. The molecule has 2 nitrogen and oxygen atoms in total. The topological polar surface area (TPSA) is 15.3 Å². The Hall–Kier alpha value is -1.68. The van der Waals surface area contributed by atoms with E-state index in [0.29, 0.717) is 0 Å². The van der Waals surface area contributed by atoms with E-state index in [-0.39, 0.29) is 5.82 Å². The van der Waals surface area contributed by atoms with Crippen molar-refractivity contribution in [3.05, 3.63) is 53.8 Å². The molecule has 0 saturated carbocycles.